The first-order valence-corrected chi connectivity index (χ1v) is 8.19. The number of halogens is 4. The molecule has 2 aromatic carbocycles. The van der Waals surface area contributed by atoms with Crippen molar-refractivity contribution in [3.05, 3.63) is 65.6 Å². The Balaban J connectivity index is 1.95. The highest BCUT2D eigenvalue weighted by molar-refractivity contribution is 6.36. The van der Waals surface area contributed by atoms with Crippen molar-refractivity contribution in [2.24, 2.45) is 0 Å². The molecule has 0 aromatic heterocycles. The minimum atomic E-state index is -4.82. The van der Waals surface area contributed by atoms with Crippen molar-refractivity contribution in [2.75, 3.05) is 11.9 Å². The van der Waals surface area contributed by atoms with Gasteiger partial charge in [0.2, 0.25) is 0 Å². The molecule has 3 rings (SSSR count). The first-order chi connectivity index (χ1) is 13.2. The topological polar surface area (TPSA) is 58.6 Å². The predicted molar refractivity (Wildman–Crippen MR) is 92.5 cm³/mol. The molecular weight excluding hydrogens is 380 g/mol. The summed E-state index contributed by atoms with van der Waals surface area (Å²) in [6.07, 6.45) is -4.82. The third-order valence-corrected chi connectivity index (χ3v) is 3.97. The van der Waals surface area contributed by atoms with E-state index in [1.807, 2.05) is 0 Å². The molecule has 0 saturated carbocycles. The number of imide groups is 1. The molecule has 0 unspecified atom stereocenters. The third kappa shape index (κ3) is 3.98. The summed E-state index contributed by atoms with van der Waals surface area (Å²) in [5.74, 6) is -2.04. The van der Waals surface area contributed by atoms with Gasteiger partial charge < -0.3 is 10.1 Å². The van der Waals surface area contributed by atoms with Crippen LogP contribution >= 0.6 is 0 Å². The van der Waals surface area contributed by atoms with Crippen molar-refractivity contribution in [2.45, 2.75) is 13.3 Å². The fraction of sp³-hybridized carbons (Fsp3) is 0.158. The number of anilines is 1. The van der Waals surface area contributed by atoms with Crippen molar-refractivity contribution >= 4 is 23.1 Å². The molecule has 1 aliphatic heterocycles. The normalized spacial score (nSPS) is 14.7. The van der Waals surface area contributed by atoms with Gasteiger partial charge in [0, 0.05) is 12.2 Å². The number of hydrogen-bond acceptors (Lipinski definition) is 4. The summed E-state index contributed by atoms with van der Waals surface area (Å²) in [7, 11) is 0. The first kappa shape index (κ1) is 19.4. The van der Waals surface area contributed by atoms with Gasteiger partial charge in [-0.2, -0.15) is 0 Å². The zero-order chi connectivity index (χ0) is 20.5. The Morgan fingerprint density at radius 3 is 2.11 bits per heavy atom. The molecule has 0 spiro atoms. The van der Waals surface area contributed by atoms with E-state index in [9.17, 15) is 27.2 Å². The second-order valence-electron chi connectivity index (χ2n) is 5.81. The Morgan fingerprint density at radius 1 is 0.964 bits per heavy atom. The molecule has 2 aromatic rings. The molecule has 146 valence electrons. The van der Waals surface area contributed by atoms with Gasteiger partial charge in [0.05, 0.1) is 5.57 Å². The van der Waals surface area contributed by atoms with Crippen molar-refractivity contribution < 1.29 is 31.9 Å². The lowest BCUT2D eigenvalue weighted by atomic mass is 10.0. The molecule has 0 radical (unpaired) electrons. The van der Waals surface area contributed by atoms with Gasteiger partial charge in [-0.05, 0) is 48.9 Å². The van der Waals surface area contributed by atoms with Crippen LogP contribution in [0.4, 0.5) is 23.2 Å². The summed E-state index contributed by atoms with van der Waals surface area (Å²) in [6.45, 7) is 1.76. The average molecular weight is 394 g/mol. The number of benzene rings is 2. The highest BCUT2D eigenvalue weighted by Crippen LogP contribution is 2.31. The number of rotatable bonds is 5. The van der Waals surface area contributed by atoms with Gasteiger partial charge >= 0.3 is 6.36 Å². The molecule has 1 heterocycles. The van der Waals surface area contributed by atoms with Crippen molar-refractivity contribution in [3.8, 4) is 5.75 Å². The highest BCUT2D eigenvalue weighted by atomic mass is 19.4. The van der Waals surface area contributed by atoms with Crippen LogP contribution in [0.3, 0.4) is 0 Å². The van der Waals surface area contributed by atoms with Gasteiger partial charge in [-0.1, -0.05) is 12.1 Å². The molecule has 1 N–H and O–H groups in total. The van der Waals surface area contributed by atoms with Crippen LogP contribution in [0.1, 0.15) is 12.5 Å². The van der Waals surface area contributed by atoms with E-state index in [-0.39, 0.29) is 23.5 Å². The number of carbonyl (C=O) groups is 2. The summed E-state index contributed by atoms with van der Waals surface area (Å²) in [4.78, 5) is 26.2. The molecule has 2 amide bonds. The number of likely N-dealkylation sites (N-methyl/N-ethyl adjacent to an activating group) is 1. The molecule has 0 aliphatic carbocycles. The number of nitrogens with one attached hydrogen (secondary N) is 1. The largest absolute Gasteiger partial charge is 0.573 e. The fourth-order valence-electron chi connectivity index (χ4n) is 2.75. The van der Waals surface area contributed by atoms with Crippen LogP contribution in [0, 0.1) is 5.82 Å². The lowest BCUT2D eigenvalue weighted by Crippen LogP contribution is -2.32. The maximum absolute atomic E-state index is 13.2. The van der Waals surface area contributed by atoms with Gasteiger partial charge in [0.1, 0.15) is 17.3 Å². The maximum Gasteiger partial charge on any atom is 0.573 e. The molecule has 28 heavy (non-hydrogen) atoms. The van der Waals surface area contributed by atoms with E-state index in [1.165, 1.54) is 24.3 Å². The number of ether oxygens (including phenoxy) is 1. The van der Waals surface area contributed by atoms with Crippen LogP contribution in [-0.2, 0) is 9.59 Å². The van der Waals surface area contributed by atoms with Gasteiger partial charge in [0.25, 0.3) is 11.8 Å². The van der Waals surface area contributed by atoms with Crippen molar-refractivity contribution in [3.63, 3.8) is 0 Å². The van der Waals surface area contributed by atoms with E-state index in [2.05, 4.69) is 10.1 Å². The van der Waals surface area contributed by atoms with Crippen molar-refractivity contribution in [1.29, 1.82) is 0 Å². The number of hydrogen-bond donors (Lipinski definition) is 1. The van der Waals surface area contributed by atoms with E-state index in [1.54, 1.807) is 6.92 Å². The smallest absolute Gasteiger partial charge is 0.406 e. The number of alkyl halides is 3. The van der Waals surface area contributed by atoms with E-state index in [4.69, 9.17) is 0 Å². The van der Waals surface area contributed by atoms with Crippen LogP contribution in [0.25, 0.3) is 5.57 Å². The standard InChI is InChI=1S/C19H14F4N2O3/c1-2-25-17(26)15(11-3-5-12(20)6-4-11)16(18(25)27)24-13-7-9-14(10-8-13)28-19(21,22)23/h3-10,24H,2H2,1H3. The van der Waals surface area contributed by atoms with E-state index < -0.39 is 29.7 Å². The van der Waals surface area contributed by atoms with Crippen LogP contribution < -0.4 is 10.1 Å². The molecular formula is C19H14F4N2O3. The Morgan fingerprint density at radius 2 is 1.57 bits per heavy atom. The highest BCUT2D eigenvalue weighted by Gasteiger charge is 2.38. The van der Waals surface area contributed by atoms with Crippen LogP contribution in [0.2, 0.25) is 0 Å². The number of amides is 2. The zero-order valence-corrected chi connectivity index (χ0v) is 14.5. The van der Waals surface area contributed by atoms with Gasteiger partial charge in [0.15, 0.2) is 0 Å². The molecule has 0 fully saturated rings. The summed E-state index contributed by atoms with van der Waals surface area (Å²) in [6, 6.07) is 9.78. The molecule has 1 aliphatic rings. The second kappa shape index (κ2) is 7.34. The second-order valence-corrected chi connectivity index (χ2v) is 5.81. The third-order valence-electron chi connectivity index (χ3n) is 3.97. The summed E-state index contributed by atoms with van der Waals surface area (Å²) in [5.41, 5.74) is 0.642. The molecule has 9 heteroatoms. The minimum absolute atomic E-state index is 0.0389. The molecule has 5 nitrogen and oxygen atoms in total. The monoisotopic (exact) mass is 394 g/mol. The summed E-state index contributed by atoms with van der Waals surface area (Å²) >= 11 is 0. The lowest BCUT2D eigenvalue weighted by Gasteiger charge is -2.12. The van der Waals surface area contributed by atoms with E-state index in [0.717, 1.165) is 29.2 Å². The first-order valence-electron chi connectivity index (χ1n) is 8.19. The maximum atomic E-state index is 13.2. The Hall–Kier alpha value is -3.36. The Bertz CT molecular complexity index is 935. The molecule has 0 saturated heterocycles. The van der Waals surface area contributed by atoms with E-state index in [0.29, 0.717) is 5.56 Å². The van der Waals surface area contributed by atoms with Gasteiger partial charge in [-0.3, -0.25) is 14.5 Å². The van der Waals surface area contributed by atoms with Gasteiger partial charge in [-0.15, -0.1) is 13.2 Å². The lowest BCUT2D eigenvalue weighted by molar-refractivity contribution is -0.274. The van der Waals surface area contributed by atoms with Crippen LogP contribution in [0.5, 0.6) is 5.75 Å². The fourth-order valence-corrected chi connectivity index (χ4v) is 2.75. The van der Waals surface area contributed by atoms with Crippen LogP contribution in [0.15, 0.2) is 54.2 Å². The van der Waals surface area contributed by atoms with E-state index >= 15 is 0 Å². The summed E-state index contributed by atoms with van der Waals surface area (Å²) < 4.78 is 53.8. The van der Waals surface area contributed by atoms with Gasteiger partial charge in [-0.25, -0.2) is 4.39 Å². The SMILES string of the molecule is CCN1C(=O)C(Nc2ccc(OC(F)(F)F)cc2)=C(c2ccc(F)cc2)C1=O. The van der Waals surface area contributed by atoms with Crippen molar-refractivity contribution in [1.82, 2.24) is 4.90 Å². The quantitative estimate of drug-likeness (QED) is 0.617. The Labute approximate surface area is 157 Å². The minimum Gasteiger partial charge on any atom is -0.406 e. The summed E-state index contributed by atoms with van der Waals surface area (Å²) in [5, 5.41) is 2.78. The zero-order valence-electron chi connectivity index (χ0n) is 14.5. The van der Waals surface area contributed by atoms with Crippen LogP contribution in [-0.4, -0.2) is 29.6 Å². The number of nitrogens with zero attached hydrogens (tertiary/aromatic N) is 1. The Kier molecular flexibility index (Phi) is 5.08. The molecule has 0 bridgehead atoms. The number of carbonyl (C=O) groups excluding carboxylic acids is 2. The average Bonchev–Trinajstić information content (AvgIpc) is 2.86. The predicted octanol–water partition coefficient (Wildman–Crippen LogP) is 3.94. The molecule has 0 atom stereocenters.